The number of benzene rings is 1. The first kappa shape index (κ1) is 25.3. The quantitative estimate of drug-likeness (QED) is 0.320. The van der Waals surface area contributed by atoms with E-state index in [1.807, 2.05) is 19.2 Å². The van der Waals surface area contributed by atoms with E-state index in [1.54, 1.807) is 12.1 Å². The first-order chi connectivity index (χ1) is 14.2. The molecule has 2 aliphatic heterocycles. The molecule has 0 amide bonds. The molecule has 2 fully saturated rings. The third-order valence-corrected chi connectivity index (χ3v) is 6.47. The van der Waals surface area contributed by atoms with Crippen LogP contribution in [0.25, 0.3) is 0 Å². The van der Waals surface area contributed by atoms with E-state index in [1.165, 1.54) is 44.5 Å². The molecule has 0 saturated carbocycles. The van der Waals surface area contributed by atoms with Gasteiger partial charge in [-0.2, -0.15) is 0 Å². The zero-order chi connectivity index (χ0) is 20.5. The predicted octanol–water partition coefficient (Wildman–Crippen LogP) is 3.70. The van der Waals surface area contributed by atoms with Gasteiger partial charge in [0.1, 0.15) is 5.82 Å². The molecule has 5 nitrogen and oxygen atoms in total. The topological polar surface area (TPSA) is 42.9 Å². The van der Waals surface area contributed by atoms with Crippen molar-refractivity contribution in [3.8, 4) is 0 Å². The number of hydrogen-bond donors (Lipinski definition) is 2. The molecular weight excluding hydrogens is 492 g/mol. The number of likely N-dealkylation sites (tertiary alicyclic amines) is 2. The molecule has 0 aromatic heterocycles. The van der Waals surface area contributed by atoms with E-state index in [0.717, 1.165) is 50.9 Å². The average molecular weight is 532 g/mol. The summed E-state index contributed by atoms with van der Waals surface area (Å²) in [4.78, 5) is 9.42. The Morgan fingerprint density at radius 1 is 1.03 bits per heavy atom. The summed E-state index contributed by atoms with van der Waals surface area (Å²) in [6.45, 7) is 9.96. The van der Waals surface area contributed by atoms with Crippen LogP contribution in [0.1, 0.15) is 44.6 Å². The minimum Gasteiger partial charge on any atom is -0.356 e. The molecule has 2 heterocycles. The summed E-state index contributed by atoms with van der Waals surface area (Å²) in [6.07, 6.45) is 6.10. The average Bonchev–Trinajstić information content (AvgIpc) is 2.76. The van der Waals surface area contributed by atoms with E-state index in [2.05, 4.69) is 32.3 Å². The van der Waals surface area contributed by atoms with Gasteiger partial charge in [0.05, 0.1) is 0 Å². The number of rotatable bonds is 7. The SMILES string of the molecule is CCN1CCC(CCNC(=NC)NC2CCN(Cc3ccc(F)cc3)CC2)CC1.I. The number of guanidine groups is 1. The van der Waals surface area contributed by atoms with Gasteiger partial charge in [0.2, 0.25) is 0 Å². The van der Waals surface area contributed by atoms with Gasteiger partial charge in [0, 0.05) is 39.3 Å². The minimum absolute atomic E-state index is 0. The molecule has 0 spiro atoms. The fourth-order valence-corrected chi connectivity index (χ4v) is 4.46. The van der Waals surface area contributed by atoms with Gasteiger partial charge in [0.15, 0.2) is 5.96 Å². The van der Waals surface area contributed by atoms with Crippen LogP contribution in [0.2, 0.25) is 0 Å². The Hall–Kier alpha value is -0.930. The number of nitrogens with one attached hydrogen (secondary N) is 2. The number of piperidine rings is 2. The van der Waals surface area contributed by atoms with Crippen molar-refractivity contribution in [3.63, 3.8) is 0 Å². The molecule has 1 aromatic rings. The first-order valence-electron chi connectivity index (χ1n) is 11.3. The van der Waals surface area contributed by atoms with Gasteiger partial charge >= 0.3 is 0 Å². The Morgan fingerprint density at radius 3 is 2.27 bits per heavy atom. The third-order valence-electron chi connectivity index (χ3n) is 6.47. The summed E-state index contributed by atoms with van der Waals surface area (Å²) in [5.41, 5.74) is 1.18. The van der Waals surface area contributed by atoms with Crippen LogP contribution in [-0.4, -0.2) is 68.1 Å². The number of aliphatic imine (C=N–C) groups is 1. The fourth-order valence-electron chi connectivity index (χ4n) is 4.46. The summed E-state index contributed by atoms with van der Waals surface area (Å²) < 4.78 is 13.1. The summed E-state index contributed by atoms with van der Waals surface area (Å²) >= 11 is 0. The summed E-state index contributed by atoms with van der Waals surface area (Å²) in [5, 5.41) is 7.13. The van der Waals surface area contributed by atoms with E-state index in [4.69, 9.17) is 0 Å². The van der Waals surface area contributed by atoms with Crippen molar-refractivity contribution in [2.75, 3.05) is 46.3 Å². The summed E-state index contributed by atoms with van der Waals surface area (Å²) in [7, 11) is 1.86. The van der Waals surface area contributed by atoms with E-state index in [9.17, 15) is 4.39 Å². The first-order valence-corrected chi connectivity index (χ1v) is 11.3. The molecule has 2 aliphatic rings. The van der Waals surface area contributed by atoms with E-state index in [0.29, 0.717) is 6.04 Å². The Labute approximate surface area is 198 Å². The predicted molar refractivity (Wildman–Crippen MR) is 134 cm³/mol. The lowest BCUT2D eigenvalue weighted by molar-refractivity contribution is 0.187. The van der Waals surface area contributed by atoms with Crippen molar-refractivity contribution in [1.29, 1.82) is 0 Å². The maximum Gasteiger partial charge on any atom is 0.191 e. The molecule has 2 N–H and O–H groups in total. The molecule has 0 aliphatic carbocycles. The lowest BCUT2D eigenvalue weighted by Gasteiger charge is -2.33. The van der Waals surface area contributed by atoms with Crippen LogP contribution < -0.4 is 10.6 Å². The smallest absolute Gasteiger partial charge is 0.191 e. The molecule has 30 heavy (non-hydrogen) atoms. The Balaban J connectivity index is 0.00000320. The van der Waals surface area contributed by atoms with Crippen molar-refractivity contribution in [2.45, 2.75) is 51.6 Å². The molecule has 0 radical (unpaired) electrons. The molecule has 7 heteroatoms. The van der Waals surface area contributed by atoms with Gasteiger partial charge in [0.25, 0.3) is 0 Å². The van der Waals surface area contributed by atoms with Crippen LogP contribution in [0.5, 0.6) is 0 Å². The van der Waals surface area contributed by atoms with Gasteiger partial charge in [-0.1, -0.05) is 19.1 Å². The molecule has 0 atom stereocenters. The van der Waals surface area contributed by atoms with Crippen LogP contribution in [0, 0.1) is 11.7 Å². The molecule has 1 aromatic carbocycles. The second kappa shape index (κ2) is 13.5. The summed E-state index contributed by atoms with van der Waals surface area (Å²) in [5.74, 6) is 1.62. The third kappa shape index (κ3) is 8.30. The molecule has 170 valence electrons. The molecule has 2 saturated heterocycles. The van der Waals surface area contributed by atoms with Gasteiger partial charge in [-0.05, 0) is 75.4 Å². The minimum atomic E-state index is -0.165. The van der Waals surface area contributed by atoms with E-state index < -0.39 is 0 Å². The monoisotopic (exact) mass is 531 g/mol. The Kier molecular flexibility index (Phi) is 11.4. The number of nitrogens with zero attached hydrogens (tertiary/aromatic N) is 3. The Morgan fingerprint density at radius 2 is 1.67 bits per heavy atom. The van der Waals surface area contributed by atoms with Crippen LogP contribution in [-0.2, 0) is 6.54 Å². The molecule has 0 bridgehead atoms. The molecule has 0 unspecified atom stereocenters. The van der Waals surface area contributed by atoms with Crippen LogP contribution in [0.3, 0.4) is 0 Å². The van der Waals surface area contributed by atoms with E-state index >= 15 is 0 Å². The van der Waals surface area contributed by atoms with Crippen molar-refractivity contribution < 1.29 is 4.39 Å². The highest BCUT2D eigenvalue weighted by molar-refractivity contribution is 14.0. The van der Waals surface area contributed by atoms with Crippen molar-refractivity contribution in [1.82, 2.24) is 20.4 Å². The van der Waals surface area contributed by atoms with Gasteiger partial charge < -0.3 is 15.5 Å². The van der Waals surface area contributed by atoms with Gasteiger partial charge in [-0.3, -0.25) is 9.89 Å². The zero-order valence-electron chi connectivity index (χ0n) is 18.6. The maximum atomic E-state index is 13.1. The zero-order valence-corrected chi connectivity index (χ0v) is 20.9. The van der Waals surface area contributed by atoms with Crippen molar-refractivity contribution >= 4 is 29.9 Å². The largest absolute Gasteiger partial charge is 0.356 e. The number of hydrogen-bond acceptors (Lipinski definition) is 3. The van der Waals surface area contributed by atoms with Crippen LogP contribution >= 0.6 is 24.0 Å². The lowest BCUT2D eigenvalue weighted by Crippen LogP contribution is -2.48. The molecular formula is C23H39FIN5. The number of halogens is 2. The second-order valence-corrected chi connectivity index (χ2v) is 8.49. The maximum absolute atomic E-state index is 13.1. The van der Waals surface area contributed by atoms with Crippen LogP contribution in [0.4, 0.5) is 4.39 Å². The Bertz CT molecular complexity index is 623. The van der Waals surface area contributed by atoms with Crippen molar-refractivity contribution in [3.05, 3.63) is 35.6 Å². The van der Waals surface area contributed by atoms with Crippen LogP contribution in [0.15, 0.2) is 29.3 Å². The second-order valence-electron chi connectivity index (χ2n) is 8.49. The normalized spacial score (nSPS) is 20.0. The highest BCUT2D eigenvalue weighted by Crippen LogP contribution is 2.19. The standard InChI is InChI=1S/C23H38FN5.HI/c1-3-28-14-9-19(10-15-28)8-13-26-23(25-2)27-22-11-16-29(17-12-22)18-20-4-6-21(24)7-5-20;/h4-7,19,22H,3,8-18H2,1-2H3,(H2,25,26,27);1H. The highest BCUT2D eigenvalue weighted by atomic mass is 127. The van der Waals surface area contributed by atoms with Gasteiger partial charge in [-0.25, -0.2) is 4.39 Å². The van der Waals surface area contributed by atoms with E-state index in [-0.39, 0.29) is 29.8 Å². The van der Waals surface area contributed by atoms with Gasteiger partial charge in [-0.15, -0.1) is 24.0 Å². The fraction of sp³-hybridized carbons (Fsp3) is 0.696. The molecule has 3 rings (SSSR count). The highest BCUT2D eigenvalue weighted by Gasteiger charge is 2.21. The lowest BCUT2D eigenvalue weighted by atomic mass is 9.93. The van der Waals surface area contributed by atoms with Crippen molar-refractivity contribution in [2.24, 2.45) is 10.9 Å². The summed E-state index contributed by atoms with van der Waals surface area (Å²) in [6, 6.07) is 7.34.